The first-order valence-corrected chi connectivity index (χ1v) is 3.65. The van der Waals surface area contributed by atoms with E-state index >= 15 is 0 Å². The second-order valence-corrected chi connectivity index (χ2v) is 2.65. The molecule has 12 heavy (non-hydrogen) atoms. The largest absolute Gasteiger partial charge is 0.459 e. The molecule has 2 N–H and O–H groups in total. The van der Waals surface area contributed by atoms with Crippen molar-refractivity contribution >= 4 is 11.9 Å². The third-order valence-corrected chi connectivity index (χ3v) is 1.26. The van der Waals surface area contributed by atoms with Gasteiger partial charge in [-0.2, -0.15) is 0 Å². The molecule has 1 aromatic heterocycles. The molecule has 0 aliphatic carbocycles. The number of furan rings is 1. The van der Waals surface area contributed by atoms with Crippen molar-refractivity contribution in [3.05, 3.63) is 17.9 Å². The van der Waals surface area contributed by atoms with Gasteiger partial charge in [-0.3, -0.25) is 0 Å². The van der Waals surface area contributed by atoms with Gasteiger partial charge < -0.3 is 14.9 Å². The Bertz CT molecular complexity index is 278. The van der Waals surface area contributed by atoms with E-state index in [4.69, 9.17) is 14.9 Å². The van der Waals surface area contributed by atoms with Crippen LogP contribution in [0.25, 0.3) is 0 Å². The van der Waals surface area contributed by atoms with E-state index in [1.165, 1.54) is 12.3 Å². The van der Waals surface area contributed by atoms with E-state index in [2.05, 4.69) is 0 Å². The Morgan fingerprint density at radius 2 is 2.33 bits per heavy atom. The maximum atomic E-state index is 11.2. The molecule has 0 aliphatic heterocycles. The monoisotopic (exact) mass is 169 g/mol. The molecule has 0 amide bonds. The SMILES string of the molecule is CC(C)OC(=O)c1ccoc1N. The van der Waals surface area contributed by atoms with Crippen LogP contribution >= 0.6 is 0 Å². The van der Waals surface area contributed by atoms with Crippen molar-refractivity contribution in [3.63, 3.8) is 0 Å². The van der Waals surface area contributed by atoms with Crippen molar-refractivity contribution in [1.29, 1.82) is 0 Å². The number of nitrogens with two attached hydrogens (primary N) is 1. The maximum absolute atomic E-state index is 11.2. The van der Waals surface area contributed by atoms with E-state index < -0.39 is 5.97 Å². The van der Waals surface area contributed by atoms with Crippen LogP contribution in [0.1, 0.15) is 24.2 Å². The van der Waals surface area contributed by atoms with Crippen LogP contribution in [0.2, 0.25) is 0 Å². The van der Waals surface area contributed by atoms with Gasteiger partial charge in [-0.25, -0.2) is 4.79 Å². The number of carbonyl (C=O) groups is 1. The van der Waals surface area contributed by atoms with Crippen LogP contribution in [-0.4, -0.2) is 12.1 Å². The van der Waals surface area contributed by atoms with E-state index in [1.54, 1.807) is 13.8 Å². The minimum atomic E-state index is -0.448. The lowest BCUT2D eigenvalue weighted by Gasteiger charge is -2.05. The molecule has 0 radical (unpaired) electrons. The lowest BCUT2D eigenvalue weighted by Crippen LogP contribution is -2.12. The zero-order valence-corrected chi connectivity index (χ0v) is 7.03. The molecule has 0 spiro atoms. The molecule has 0 bridgehead atoms. The minimum Gasteiger partial charge on any atom is -0.459 e. The molecule has 1 rings (SSSR count). The molecule has 0 atom stereocenters. The van der Waals surface area contributed by atoms with Crippen LogP contribution in [0, 0.1) is 0 Å². The molecule has 0 aliphatic rings. The van der Waals surface area contributed by atoms with Gasteiger partial charge in [0, 0.05) is 0 Å². The normalized spacial score (nSPS) is 10.2. The Kier molecular flexibility index (Phi) is 2.38. The lowest BCUT2D eigenvalue weighted by atomic mass is 10.3. The fourth-order valence-electron chi connectivity index (χ4n) is 0.767. The van der Waals surface area contributed by atoms with Gasteiger partial charge in [0.15, 0.2) is 0 Å². The first kappa shape index (κ1) is 8.64. The molecule has 1 aromatic rings. The molecule has 4 heteroatoms. The van der Waals surface area contributed by atoms with Gasteiger partial charge in [0.05, 0.1) is 12.4 Å². The van der Waals surface area contributed by atoms with Crippen LogP contribution in [0.3, 0.4) is 0 Å². The van der Waals surface area contributed by atoms with Crippen LogP contribution in [0.15, 0.2) is 16.7 Å². The quantitative estimate of drug-likeness (QED) is 0.680. The summed E-state index contributed by atoms with van der Waals surface area (Å²) in [5, 5.41) is 0. The number of rotatable bonds is 2. The molecule has 66 valence electrons. The van der Waals surface area contributed by atoms with Gasteiger partial charge in [0.1, 0.15) is 5.56 Å². The molecule has 1 heterocycles. The number of hydrogen-bond donors (Lipinski definition) is 1. The van der Waals surface area contributed by atoms with Gasteiger partial charge in [-0.05, 0) is 19.9 Å². The Morgan fingerprint density at radius 1 is 1.67 bits per heavy atom. The highest BCUT2D eigenvalue weighted by molar-refractivity contribution is 5.93. The van der Waals surface area contributed by atoms with Crippen molar-refractivity contribution in [3.8, 4) is 0 Å². The predicted octanol–water partition coefficient (Wildman–Crippen LogP) is 1.43. The summed E-state index contributed by atoms with van der Waals surface area (Å²) in [5.74, 6) is -0.350. The number of nitrogen functional groups attached to an aromatic ring is 1. The average Bonchev–Trinajstić information content (AvgIpc) is 2.33. The zero-order chi connectivity index (χ0) is 9.14. The van der Waals surface area contributed by atoms with Gasteiger partial charge in [-0.15, -0.1) is 0 Å². The number of ether oxygens (including phenoxy) is 1. The topological polar surface area (TPSA) is 65.5 Å². The number of esters is 1. The second kappa shape index (κ2) is 3.30. The smallest absolute Gasteiger partial charge is 0.343 e. The predicted molar refractivity (Wildman–Crippen MR) is 43.7 cm³/mol. The summed E-state index contributed by atoms with van der Waals surface area (Å²) in [6, 6.07) is 1.49. The van der Waals surface area contributed by atoms with E-state index in [-0.39, 0.29) is 17.6 Å². The highest BCUT2D eigenvalue weighted by Gasteiger charge is 2.14. The average molecular weight is 169 g/mol. The summed E-state index contributed by atoms with van der Waals surface area (Å²) in [6.45, 7) is 3.54. The molecular formula is C8H11NO3. The summed E-state index contributed by atoms with van der Waals surface area (Å²) in [6.07, 6.45) is 1.21. The highest BCUT2D eigenvalue weighted by Crippen LogP contribution is 2.14. The fourth-order valence-corrected chi connectivity index (χ4v) is 0.767. The van der Waals surface area contributed by atoms with Crippen molar-refractivity contribution in [2.24, 2.45) is 0 Å². The number of anilines is 1. The Balaban J connectivity index is 2.72. The van der Waals surface area contributed by atoms with Crippen molar-refractivity contribution in [2.45, 2.75) is 20.0 Å². The van der Waals surface area contributed by atoms with Crippen LogP contribution in [0.5, 0.6) is 0 Å². The molecule has 4 nitrogen and oxygen atoms in total. The third kappa shape index (κ3) is 1.78. The first-order chi connectivity index (χ1) is 5.61. The Labute approximate surface area is 70.3 Å². The van der Waals surface area contributed by atoms with E-state index in [0.29, 0.717) is 0 Å². The van der Waals surface area contributed by atoms with Crippen LogP contribution in [-0.2, 0) is 4.74 Å². The van der Waals surface area contributed by atoms with Crippen LogP contribution < -0.4 is 5.73 Å². The van der Waals surface area contributed by atoms with E-state index in [0.717, 1.165) is 0 Å². The second-order valence-electron chi connectivity index (χ2n) is 2.65. The third-order valence-electron chi connectivity index (χ3n) is 1.26. The molecule has 0 aromatic carbocycles. The minimum absolute atomic E-state index is 0.0978. The Hall–Kier alpha value is -1.45. The summed E-state index contributed by atoms with van der Waals surface area (Å²) in [5.41, 5.74) is 5.63. The molecule has 0 unspecified atom stereocenters. The summed E-state index contributed by atoms with van der Waals surface area (Å²) < 4.78 is 9.64. The summed E-state index contributed by atoms with van der Waals surface area (Å²) >= 11 is 0. The first-order valence-electron chi connectivity index (χ1n) is 3.65. The zero-order valence-electron chi connectivity index (χ0n) is 7.03. The number of carbonyl (C=O) groups excluding carboxylic acids is 1. The van der Waals surface area contributed by atoms with Crippen molar-refractivity contribution in [1.82, 2.24) is 0 Å². The standard InChI is InChI=1S/C8H11NO3/c1-5(2)12-8(10)6-3-4-11-7(6)9/h3-5H,9H2,1-2H3. The fraction of sp³-hybridized carbons (Fsp3) is 0.375. The molecule has 0 saturated carbocycles. The van der Waals surface area contributed by atoms with Gasteiger partial charge in [0.2, 0.25) is 5.88 Å². The summed E-state index contributed by atoms with van der Waals surface area (Å²) in [7, 11) is 0. The molecule has 0 fully saturated rings. The number of hydrogen-bond acceptors (Lipinski definition) is 4. The van der Waals surface area contributed by atoms with E-state index in [1.807, 2.05) is 0 Å². The van der Waals surface area contributed by atoms with Crippen LogP contribution in [0.4, 0.5) is 5.88 Å². The van der Waals surface area contributed by atoms with Crippen molar-refractivity contribution < 1.29 is 13.9 Å². The van der Waals surface area contributed by atoms with Crippen molar-refractivity contribution in [2.75, 3.05) is 5.73 Å². The highest BCUT2D eigenvalue weighted by atomic mass is 16.5. The summed E-state index contributed by atoms with van der Waals surface area (Å²) in [4.78, 5) is 11.2. The van der Waals surface area contributed by atoms with Gasteiger partial charge in [-0.1, -0.05) is 0 Å². The maximum Gasteiger partial charge on any atom is 0.343 e. The van der Waals surface area contributed by atoms with Gasteiger partial charge in [0.25, 0.3) is 0 Å². The Morgan fingerprint density at radius 3 is 2.75 bits per heavy atom. The van der Waals surface area contributed by atoms with Gasteiger partial charge >= 0.3 is 5.97 Å². The van der Waals surface area contributed by atoms with E-state index in [9.17, 15) is 4.79 Å². The lowest BCUT2D eigenvalue weighted by molar-refractivity contribution is 0.0379. The molecule has 0 saturated heterocycles. The molecular weight excluding hydrogens is 158 g/mol.